The number of ether oxygens (including phenoxy) is 1. The lowest BCUT2D eigenvalue weighted by molar-refractivity contribution is 0.0679. The first-order valence-electron chi connectivity index (χ1n) is 3.60. The Morgan fingerprint density at radius 3 is 3.08 bits per heavy atom. The van der Waals surface area contributed by atoms with Gasteiger partial charge in [0, 0.05) is 7.11 Å². The molecule has 0 saturated carbocycles. The maximum absolute atomic E-state index is 10.8. The molecule has 1 N–H and O–H groups in total. The summed E-state index contributed by atoms with van der Waals surface area (Å²) >= 11 is 1.94. The average Bonchev–Trinajstić information content (AvgIpc) is 2.43. The molecule has 1 aromatic heterocycles. The van der Waals surface area contributed by atoms with E-state index in [1.165, 1.54) is 10.9 Å². The topological polar surface area (TPSA) is 64.4 Å². The molecule has 0 aliphatic rings. The van der Waals surface area contributed by atoms with Gasteiger partial charge in [0.1, 0.15) is 0 Å². The van der Waals surface area contributed by atoms with Crippen molar-refractivity contribution in [1.82, 2.24) is 9.78 Å². The number of carboxylic acid groups (broad SMARTS) is 1. The van der Waals surface area contributed by atoms with Gasteiger partial charge in [-0.1, -0.05) is 0 Å². The largest absolute Gasteiger partial charge is 0.476 e. The molecule has 6 heteroatoms. The Balaban J connectivity index is 2.87. The van der Waals surface area contributed by atoms with Crippen LogP contribution in [-0.4, -0.2) is 34.6 Å². The van der Waals surface area contributed by atoms with Gasteiger partial charge in [-0.25, -0.2) is 4.79 Å². The number of methoxy groups -OCH3 is 1. The van der Waals surface area contributed by atoms with Crippen LogP contribution in [0.5, 0.6) is 0 Å². The smallest absolute Gasteiger partial charge is 0.355 e. The van der Waals surface area contributed by atoms with Gasteiger partial charge in [-0.05, 0) is 22.6 Å². The molecule has 0 fully saturated rings. The number of carbonyl (C=O) groups is 1. The van der Waals surface area contributed by atoms with Crippen LogP contribution in [0.1, 0.15) is 10.5 Å². The molecule has 0 saturated heterocycles. The molecule has 0 unspecified atom stereocenters. The second-order valence-corrected chi connectivity index (χ2v) is 3.52. The minimum atomic E-state index is -0.960. The van der Waals surface area contributed by atoms with Gasteiger partial charge in [-0.3, -0.25) is 4.68 Å². The van der Waals surface area contributed by atoms with E-state index < -0.39 is 5.97 Å². The van der Waals surface area contributed by atoms with Crippen molar-refractivity contribution in [3.8, 4) is 0 Å². The second-order valence-electron chi connectivity index (χ2n) is 2.36. The molecule has 0 radical (unpaired) electrons. The monoisotopic (exact) mass is 296 g/mol. The normalized spacial score (nSPS) is 10.3. The van der Waals surface area contributed by atoms with Crippen LogP contribution in [0.15, 0.2) is 6.20 Å². The third kappa shape index (κ3) is 2.41. The summed E-state index contributed by atoms with van der Waals surface area (Å²) in [6, 6.07) is 0. The molecular weight excluding hydrogens is 287 g/mol. The quantitative estimate of drug-likeness (QED) is 0.836. The molecule has 13 heavy (non-hydrogen) atoms. The fraction of sp³-hybridized carbons (Fsp3) is 0.429. The van der Waals surface area contributed by atoms with Crippen molar-refractivity contribution in [2.75, 3.05) is 13.7 Å². The van der Waals surface area contributed by atoms with E-state index in [9.17, 15) is 4.79 Å². The van der Waals surface area contributed by atoms with Crippen LogP contribution in [0.25, 0.3) is 0 Å². The molecule has 0 aromatic carbocycles. The predicted octanol–water partition coefficient (Wildman–Crippen LogP) is 0.832. The minimum absolute atomic E-state index is 0.220. The predicted molar refractivity (Wildman–Crippen MR) is 53.8 cm³/mol. The van der Waals surface area contributed by atoms with Gasteiger partial charge in [-0.2, -0.15) is 5.10 Å². The maximum Gasteiger partial charge on any atom is 0.355 e. The van der Waals surface area contributed by atoms with Crippen LogP contribution >= 0.6 is 22.6 Å². The molecule has 1 rings (SSSR count). The molecule has 1 aromatic rings. The fourth-order valence-electron chi connectivity index (χ4n) is 0.922. The fourth-order valence-corrected chi connectivity index (χ4v) is 1.56. The van der Waals surface area contributed by atoms with Gasteiger partial charge < -0.3 is 9.84 Å². The number of hydrogen-bond donors (Lipinski definition) is 1. The highest BCUT2D eigenvalue weighted by atomic mass is 127. The molecule has 0 bridgehead atoms. The van der Waals surface area contributed by atoms with Crippen LogP contribution in [0.2, 0.25) is 0 Å². The Hall–Kier alpha value is -0.630. The van der Waals surface area contributed by atoms with E-state index in [1.54, 1.807) is 7.11 Å². The van der Waals surface area contributed by atoms with Crippen molar-refractivity contribution >= 4 is 28.6 Å². The van der Waals surface area contributed by atoms with E-state index in [-0.39, 0.29) is 5.69 Å². The van der Waals surface area contributed by atoms with Gasteiger partial charge in [0.2, 0.25) is 0 Å². The van der Waals surface area contributed by atoms with E-state index in [2.05, 4.69) is 5.10 Å². The lowest BCUT2D eigenvalue weighted by Crippen LogP contribution is -2.13. The number of hydrogen-bond acceptors (Lipinski definition) is 3. The lowest BCUT2D eigenvalue weighted by Gasteiger charge is -2.02. The molecular formula is C7H9IN2O3. The highest BCUT2D eigenvalue weighted by molar-refractivity contribution is 14.1. The van der Waals surface area contributed by atoms with E-state index in [1.807, 2.05) is 22.6 Å². The first kappa shape index (κ1) is 10.5. The molecule has 5 nitrogen and oxygen atoms in total. The summed E-state index contributed by atoms with van der Waals surface area (Å²) < 4.78 is 6.90. The molecule has 0 aliphatic carbocycles. The van der Waals surface area contributed by atoms with Crippen molar-refractivity contribution in [2.45, 2.75) is 6.54 Å². The van der Waals surface area contributed by atoms with Crippen LogP contribution in [-0.2, 0) is 11.3 Å². The highest BCUT2D eigenvalue weighted by Gasteiger charge is 2.15. The summed E-state index contributed by atoms with van der Waals surface area (Å²) in [6.07, 6.45) is 1.53. The lowest BCUT2D eigenvalue weighted by atomic mass is 10.4. The number of rotatable bonds is 4. The number of aromatic nitrogens is 2. The molecule has 72 valence electrons. The highest BCUT2D eigenvalue weighted by Crippen LogP contribution is 2.11. The summed E-state index contributed by atoms with van der Waals surface area (Å²) in [4.78, 5) is 10.8. The SMILES string of the molecule is COCCn1ncc(I)c1C(=O)O. The summed E-state index contributed by atoms with van der Waals surface area (Å²) in [5.74, 6) is -0.960. The van der Waals surface area contributed by atoms with Crippen molar-refractivity contribution in [1.29, 1.82) is 0 Å². The standard InChI is InChI=1S/C7H9IN2O3/c1-13-3-2-10-6(7(11)12)5(8)4-9-10/h4H,2-3H2,1H3,(H,11,12). The zero-order chi connectivity index (χ0) is 9.84. The van der Waals surface area contributed by atoms with Gasteiger partial charge in [-0.15, -0.1) is 0 Å². The third-order valence-electron chi connectivity index (χ3n) is 1.50. The molecule has 0 atom stereocenters. The summed E-state index contributed by atoms with van der Waals surface area (Å²) in [5.41, 5.74) is 0.220. The van der Waals surface area contributed by atoms with Crippen LogP contribution in [0.4, 0.5) is 0 Å². The van der Waals surface area contributed by atoms with Gasteiger partial charge in [0.15, 0.2) is 5.69 Å². The Labute approximate surface area is 88.8 Å². The minimum Gasteiger partial charge on any atom is -0.476 e. The van der Waals surface area contributed by atoms with Crippen LogP contribution in [0, 0.1) is 3.57 Å². The Bertz CT molecular complexity index is 311. The number of carboxylic acids is 1. The maximum atomic E-state index is 10.8. The molecule has 0 aliphatic heterocycles. The van der Waals surface area contributed by atoms with Crippen molar-refractivity contribution < 1.29 is 14.6 Å². The number of aromatic carboxylic acids is 1. The molecule has 0 amide bonds. The van der Waals surface area contributed by atoms with Crippen molar-refractivity contribution in [3.63, 3.8) is 0 Å². The summed E-state index contributed by atoms with van der Waals surface area (Å²) in [5, 5.41) is 12.8. The van der Waals surface area contributed by atoms with Crippen LogP contribution in [0.3, 0.4) is 0 Å². The Morgan fingerprint density at radius 2 is 2.54 bits per heavy atom. The molecule has 0 spiro atoms. The van der Waals surface area contributed by atoms with Crippen LogP contribution < -0.4 is 0 Å². The van der Waals surface area contributed by atoms with Crippen molar-refractivity contribution in [3.05, 3.63) is 15.5 Å². The zero-order valence-corrected chi connectivity index (χ0v) is 9.19. The first-order valence-corrected chi connectivity index (χ1v) is 4.68. The summed E-state index contributed by atoms with van der Waals surface area (Å²) in [6.45, 7) is 0.916. The van der Waals surface area contributed by atoms with Gasteiger partial charge in [0.05, 0.1) is 22.9 Å². The first-order chi connectivity index (χ1) is 6.16. The van der Waals surface area contributed by atoms with E-state index in [4.69, 9.17) is 9.84 Å². The number of halogens is 1. The van der Waals surface area contributed by atoms with E-state index >= 15 is 0 Å². The average molecular weight is 296 g/mol. The van der Waals surface area contributed by atoms with Crippen molar-refractivity contribution in [2.24, 2.45) is 0 Å². The Morgan fingerprint density at radius 1 is 1.85 bits per heavy atom. The van der Waals surface area contributed by atoms with E-state index in [0.717, 1.165) is 0 Å². The zero-order valence-electron chi connectivity index (χ0n) is 7.03. The van der Waals surface area contributed by atoms with Gasteiger partial charge >= 0.3 is 5.97 Å². The molecule has 1 heterocycles. The second kappa shape index (κ2) is 4.56. The Kier molecular flexibility index (Phi) is 3.67. The third-order valence-corrected chi connectivity index (χ3v) is 2.29. The number of nitrogens with zero attached hydrogens (tertiary/aromatic N) is 2. The van der Waals surface area contributed by atoms with Gasteiger partial charge in [0.25, 0.3) is 0 Å². The van der Waals surface area contributed by atoms with E-state index in [0.29, 0.717) is 16.7 Å². The summed E-state index contributed by atoms with van der Waals surface area (Å²) in [7, 11) is 1.56.